The summed E-state index contributed by atoms with van der Waals surface area (Å²) in [6.45, 7) is 7.32. The highest BCUT2D eigenvalue weighted by Gasteiger charge is 2.03. The lowest BCUT2D eigenvalue weighted by atomic mass is 9.98. The number of rotatable bonds is 8. The number of benzene rings is 1. The molecule has 0 fully saturated rings. The summed E-state index contributed by atoms with van der Waals surface area (Å²) in [6, 6.07) is 8.66. The van der Waals surface area contributed by atoms with Crippen LogP contribution in [0.15, 0.2) is 24.3 Å². The van der Waals surface area contributed by atoms with Gasteiger partial charge in [0, 0.05) is 13.7 Å². The first kappa shape index (κ1) is 14.2. The van der Waals surface area contributed by atoms with E-state index in [0.717, 1.165) is 19.7 Å². The largest absolute Gasteiger partial charge is 0.383 e. The van der Waals surface area contributed by atoms with E-state index in [1.807, 2.05) is 0 Å². The van der Waals surface area contributed by atoms with Crippen LogP contribution in [-0.2, 0) is 11.2 Å². The average molecular weight is 235 g/mol. The first-order valence-electron chi connectivity index (χ1n) is 6.48. The van der Waals surface area contributed by atoms with Crippen molar-refractivity contribution in [3.05, 3.63) is 35.4 Å². The van der Waals surface area contributed by atoms with E-state index in [1.54, 1.807) is 7.11 Å². The van der Waals surface area contributed by atoms with E-state index in [2.05, 4.69) is 43.4 Å². The molecule has 0 aliphatic carbocycles. The van der Waals surface area contributed by atoms with Gasteiger partial charge >= 0.3 is 0 Å². The molecule has 0 saturated heterocycles. The van der Waals surface area contributed by atoms with Crippen molar-refractivity contribution in [1.82, 2.24) is 5.32 Å². The third-order valence-corrected chi connectivity index (χ3v) is 3.14. The molecule has 1 rings (SSSR count). The highest BCUT2D eigenvalue weighted by Crippen LogP contribution is 2.12. The molecule has 1 unspecified atom stereocenters. The average Bonchev–Trinajstić information content (AvgIpc) is 2.34. The molecule has 1 aromatic carbocycles. The maximum atomic E-state index is 5.01. The van der Waals surface area contributed by atoms with E-state index in [4.69, 9.17) is 4.74 Å². The van der Waals surface area contributed by atoms with Crippen molar-refractivity contribution in [2.45, 2.75) is 26.7 Å². The van der Waals surface area contributed by atoms with Crippen molar-refractivity contribution in [3.8, 4) is 0 Å². The molecule has 0 amide bonds. The third-order valence-electron chi connectivity index (χ3n) is 3.14. The molecule has 0 aromatic heterocycles. The minimum Gasteiger partial charge on any atom is -0.383 e. The molecule has 0 bridgehead atoms. The minimum absolute atomic E-state index is 0.714. The van der Waals surface area contributed by atoms with Crippen molar-refractivity contribution < 1.29 is 4.74 Å². The molecule has 0 radical (unpaired) electrons. The molecule has 1 aromatic rings. The number of methoxy groups -OCH3 is 1. The number of hydrogen-bond donors (Lipinski definition) is 1. The van der Waals surface area contributed by atoms with E-state index in [-0.39, 0.29) is 0 Å². The molecule has 96 valence electrons. The van der Waals surface area contributed by atoms with Crippen molar-refractivity contribution in [1.29, 1.82) is 0 Å². The van der Waals surface area contributed by atoms with Crippen molar-refractivity contribution in [2.75, 3.05) is 26.8 Å². The van der Waals surface area contributed by atoms with Crippen molar-refractivity contribution in [3.63, 3.8) is 0 Å². The zero-order valence-electron chi connectivity index (χ0n) is 11.3. The van der Waals surface area contributed by atoms with Gasteiger partial charge < -0.3 is 10.1 Å². The molecule has 17 heavy (non-hydrogen) atoms. The maximum absolute atomic E-state index is 5.01. The third kappa shape index (κ3) is 5.85. The SMILES string of the molecule is COCCNCC(C)CCc1ccccc1C. The van der Waals surface area contributed by atoms with E-state index in [9.17, 15) is 0 Å². The van der Waals surface area contributed by atoms with E-state index in [1.165, 1.54) is 24.0 Å². The summed E-state index contributed by atoms with van der Waals surface area (Å²) < 4.78 is 5.01. The quantitative estimate of drug-likeness (QED) is 0.700. The predicted molar refractivity (Wildman–Crippen MR) is 73.4 cm³/mol. The molecular formula is C15H25NO. The Morgan fingerprint density at radius 3 is 2.76 bits per heavy atom. The van der Waals surface area contributed by atoms with Gasteiger partial charge in [0.15, 0.2) is 0 Å². The van der Waals surface area contributed by atoms with Crippen LogP contribution in [0.1, 0.15) is 24.5 Å². The maximum Gasteiger partial charge on any atom is 0.0587 e. The number of nitrogens with one attached hydrogen (secondary N) is 1. The Kier molecular flexibility index (Phi) is 6.90. The van der Waals surface area contributed by atoms with Gasteiger partial charge in [0.05, 0.1) is 6.61 Å². The Morgan fingerprint density at radius 2 is 2.06 bits per heavy atom. The Labute approximate surface area is 105 Å². The fraction of sp³-hybridized carbons (Fsp3) is 0.600. The second-order valence-electron chi connectivity index (χ2n) is 4.77. The van der Waals surface area contributed by atoms with Crippen LogP contribution in [0.5, 0.6) is 0 Å². The van der Waals surface area contributed by atoms with Crippen LogP contribution in [0.3, 0.4) is 0 Å². The van der Waals surface area contributed by atoms with Crippen molar-refractivity contribution in [2.24, 2.45) is 5.92 Å². The Morgan fingerprint density at radius 1 is 1.29 bits per heavy atom. The van der Waals surface area contributed by atoms with Gasteiger partial charge in [-0.15, -0.1) is 0 Å². The Bertz CT molecular complexity index is 312. The van der Waals surface area contributed by atoms with Gasteiger partial charge in [-0.3, -0.25) is 0 Å². The van der Waals surface area contributed by atoms with Crippen LogP contribution >= 0.6 is 0 Å². The normalized spacial score (nSPS) is 12.6. The topological polar surface area (TPSA) is 21.3 Å². The van der Waals surface area contributed by atoms with Crippen LogP contribution in [0.25, 0.3) is 0 Å². The second kappa shape index (κ2) is 8.26. The molecule has 0 aliphatic heterocycles. The fourth-order valence-electron chi connectivity index (χ4n) is 1.92. The van der Waals surface area contributed by atoms with Gasteiger partial charge in [-0.05, 0) is 43.4 Å². The number of hydrogen-bond acceptors (Lipinski definition) is 2. The number of ether oxygens (including phenoxy) is 1. The molecular weight excluding hydrogens is 210 g/mol. The monoisotopic (exact) mass is 235 g/mol. The van der Waals surface area contributed by atoms with E-state index < -0.39 is 0 Å². The van der Waals surface area contributed by atoms with Crippen LogP contribution in [0.2, 0.25) is 0 Å². The van der Waals surface area contributed by atoms with Gasteiger partial charge in [-0.2, -0.15) is 0 Å². The summed E-state index contributed by atoms with van der Waals surface area (Å²) in [4.78, 5) is 0. The summed E-state index contributed by atoms with van der Waals surface area (Å²) in [5.74, 6) is 0.714. The summed E-state index contributed by atoms with van der Waals surface area (Å²) in [7, 11) is 1.74. The zero-order chi connectivity index (χ0) is 12.5. The van der Waals surface area contributed by atoms with Gasteiger partial charge in [0.2, 0.25) is 0 Å². The van der Waals surface area contributed by atoms with E-state index in [0.29, 0.717) is 5.92 Å². The molecule has 2 heteroatoms. The summed E-state index contributed by atoms with van der Waals surface area (Å²) in [5.41, 5.74) is 2.89. The second-order valence-corrected chi connectivity index (χ2v) is 4.77. The molecule has 0 aliphatic rings. The molecule has 0 saturated carbocycles. The highest BCUT2D eigenvalue weighted by atomic mass is 16.5. The van der Waals surface area contributed by atoms with Crippen LogP contribution in [0, 0.1) is 12.8 Å². The van der Waals surface area contributed by atoms with Gasteiger partial charge in [-0.1, -0.05) is 31.2 Å². The Hall–Kier alpha value is -0.860. The standard InChI is InChI=1S/C15H25NO/c1-13(12-16-10-11-17-3)8-9-15-7-5-4-6-14(15)2/h4-7,13,16H,8-12H2,1-3H3. The first-order chi connectivity index (χ1) is 8.24. The summed E-state index contributed by atoms with van der Waals surface area (Å²) >= 11 is 0. The van der Waals surface area contributed by atoms with Gasteiger partial charge in [0.1, 0.15) is 0 Å². The highest BCUT2D eigenvalue weighted by molar-refractivity contribution is 5.25. The first-order valence-corrected chi connectivity index (χ1v) is 6.48. The molecule has 2 nitrogen and oxygen atoms in total. The predicted octanol–water partition coefficient (Wildman–Crippen LogP) is 2.80. The van der Waals surface area contributed by atoms with Gasteiger partial charge in [0.25, 0.3) is 0 Å². The van der Waals surface area contributed by atoms with Gasteiger partial charge in [-0.25, -0.2) is 0 Å². The smallest absolute Gasteiger partial charge is 0.0587 e. The summed E-state index contributed by atoms with van der Waals surface area (Å²) in [6.07, 6.45) is 2.42. The van der Waals surface area contributed by atoms with E-state index >= 15 is 0 Å². The molecule has 1 atom stereocenters. The van der Waals surface area contributed by atoms with Crippen LogP contribution in [0.4, 0.5) is 0 Å². The molecule has 0 heterocycles. The van der Waals surface area contributed by atoms with Crippen molar-refractivity contribution >= 4 is 0 Å². The summed E-state index contributed by atoms with van der Waals surface area (Å²) in [5, 5.41) is 3.41. The molecule has 1 N–H and O–H groups in total. The zero-order valence-corrected chi connectivity index (χ0v) is 11.3. The van der Waals surface area contributed by atoms with Crippen LogP contribution < -0.4 is 5.32 Å². The lowest BCUT2D eigenvalue weighted by Crippen LogP contribution is -2.25. The number of aryl methyl sites for hydroxylation is 2. The lowest BCUT2D eigenvalue weighted by Gasteiger charge is -2.13. The lowest BCUT2D eigenvalue weighted by molar-refractivity contribution is 0.198. The minimum atomic E-state index is 0.714. The molecule has 0 spiro atoms. The Balaban J connectivity index is 2.19. The fourth-order valence-corrected chi connectivity index (χ4v) is 1.92. The van der Waals surface area contributed by atoms with Crippen LogP contribution in [-0.4, -0.2) is 26.8 Å².